The van der Waals surface area contributed by atoms with E-state index < -0.39 is 0 Å². The molecule has 0 spiro atoms. The van der Waals surface area contributed by atoms with Gasteiger partial charge in [-0.1, -0.05) is 6.92 Å². The average molecular weight is 236 g/mol. The van der Waals surface area contributed by atoms with E-state index in [1.807, 2.05) is 24.9 Å². The Labute approximate surface area is 99.3 Å². The Hall–Kier alpha value is -1.36. The zero-order chi connectivity index (χ0) is 11.5. The van der Waals surface area contributed by atoms with Crippen molar-refractivity contribution in [1.29, 1.82) is 0 Å². The van der Waals surface area contributed by atoms with E-state index in [4.69, 9.17) is 0 Å². The summed E-state index contributed by atoms with van der Waals surface area (Å²) in [5, 5.41) is 10.9. The van der Waals surface area contributed by atoms with Crippen LogP contribution in [-0.2, 0) is 20.0 Å². The minimum Gasteiger partial charge on any atom is -0.377 e. The number of thiazole rings is 1. The molecule has 2 aromatic rings. The van der Waals surface area contributed by atoms with Gasteiger partial charge in [-0.05, 0) is 13.3 Å². The highest BCUT2D eigenvalue weighted by Crippen LogP contribution is 2.15. The van der Waals surface area contributed by atoms with Crippen LogP contribution in [0.1, 0.15) is 23.3 Å². The van der Waals surface area contributed by atoms with Crippen LogP contribution in [0.4, 0.5) is 5.69 Å². The summed E-state index contributed by atoms with van der Waals surface area (Å²) in [6.07, 6.45) is 3.00. The van der Waals surface area contributed by atoms with E-state index >= 15 is 0 Å². The van der Waals surface area contributed by atoms with Crippen LogP contribution in [-0.4, -0.2) is 14.8 Å². The highest BCUT2D eigenvalue weighted by molar-refractivity contribution is 7.09. The molecular formula is C11H16N4S. The van der Waals surface area contributed by atoms with Crippen molar-refractivity contribution >= 4 is 17.0 Å². The lowest BCUT2D eigenvalue weighted by molar-refractivity contribution is 0.756. The molecule has 0 saturated carbocycles. The molecule has 16 heavy (non-hydrogen) atoms. The molecule has 0 atom stereocenters. The second-order valence-electron chi connectivity index (χ2n) is 3.74. The Balaban J connectivity index is 1.99. The first-order valence-electron chi connectivity index (χ1n) is 5.36. The maximum atomic E-state index is 4.51. The number of hydrogen-bond acceptors (Lipinski definition) is 4. The standard InChI is InChI=1S/C11H16N4S/c1-4-11-13-9(7-16-11)5-12-10-6-15(3)14-8(10)2/h6-7,12H,4-5H2,1-3H3. The Bertz CT molecular complexity index is 472. The number of nitrogens with zero attached hydrogens (tertiary/aromatic N) is 3. The highest BCUT2D eigenvalue weighted by Gasteiger charge is 2.04. The lowest BCUT2D eigenvalue weighted by atomic mass is 10.4. The maximum Gasteiger partial charge on any atom is 0.0926 e. The van der Waals surface area contributed by atoms with Gasteiger partial charge in [0.05, 0.1) is 28.6 Å². The fourth-order valence-electron chi connectivity index (χ4n) is 1.55. The molecule has 5 heteroatoms. The van der Waals surface area contributed by atoms with Crippen molar-refractivity contribution in [2.75, 3.05) is 5.32 Å². The maximum absolute atomic E-state index is 4.51. The quantitative estimate of drug-likeness (QED) is 0.886. The van der Waals surface area contributed by atoms with Crippen LogP contribution in [0.5, 0.6) is 0 Å². The van der Waals surface area contributed by atoms with Gasteiger partial charge < -0.3 is 5.32 Å². The molecule has 0 fully saturated rings. The van der Waals surface area contributed by atoms with Gasteiger partial charge in [0.25, 0.3) is 0 Å². The van der Waals surface area contributed by atoms with Crippen molar-refractivity contribution in [3.63, 3.8) is 0 Å². The first-order chi connectivity index (χ1) is 7.69. The van der Waals surface area contributed by atoms with E-state index in [9.17, 15) is 0 Å². The molecular weight excluding hydrogens is 220 g/mol. The first-order valence-corrected chi connectivity index (χ1v) is 6.24. The predicted molar refractivity (Wildman–Crippen MR) is 66.8 cm³/mol. The lowest BCUT2D eigenvalue weighted by Crippen LogP contribution is -2.00. The number of aryl methyl sites for hydroxylation is 3. The molecule has 86 valence electrons. The summed E-state index contributed by atoms with van der Waals surface area (Å²) in [7, 11) is 1.93. The van der Waals surface area contributed by atoms with Crippen LogP contribution in [0, 0.1) is 6.92 Å². The van der Waals surface area contributed by atoms with E-state index in [2.05, 4.69) is 27.7 Å². The van der Waals surface area contributed by atoms with E-state index in [1.165, 1.54) is 5.01 Å². The Kier molecular flexibility index (Phi) is 3.24. The second kappa shape index (κ2) is 4.65. The first kappa shape index (κ1) is 11.1. The van der Waals surface area contributed by atoms with Crippen molar-refractivity contribution in [2.24, 2.45) is 7.05 Å². The molecule has 0 radical (unpaired) electrons. The van der Waals surface area contributed by atoms with Gasteiger partial charge in [0, 0.05) is 18.6 Å². The van der Waals surface area contributed by atoms with E-state index in [0.717, 1.165) is 30.0 Å². The Morgan fingerprint density at radius 2 is 2.31 bits per heavy atom. The number of aromatic nitrogens is 3. The summed E-state index contributed by atoms with van der Waals surface area (Å²) in [4.78, 5) is 4.51. The predicted octanol–water partition coefficient (Wildman–Crippen LogP) is 2.36. The smallest absolute Gasteiger partial charge is 0.0926 e. The molecule has 2 rings (SSSR count). The molecule has 0 unspecified atom stereocenters. The molecule has 0 bridgehead atoms. The molecule has 0 aromatic carbocycles. The van der Waals surface area contributed by atoms with E-state index in [1.54, 1.807) is 11.3 Å². The fraction of sp³-hybridized carbons (Fsp3) is 0.455. The van der Waals surface area contributed by atoms with E-state index in [-0.39, 0.29) is 0 Å². The summed E-state index contributed by atoms with van der Waals surface area (Å²) in [5.41, 5.74) is 3.20. The Morgan fingerprint density at radius 3 is 2.88 bits per heavy atom. The van der Waals surface area contributed by atoms with Crippen LogP contribution >= 0.6 is 11.3 Å². The molecule has 0 aliphatic rings. The van der Waals surface area contributed by atoms with Gasteiger partial charge >= 0.3 is 0 Å². The van der Waals surface area contributed by atoms with Crippen LogP contribution in [0.3, 0.4) is 0 Å². The summed E-state index contributed by atoms with van der Waals surface area (Å²) in [6.45, 7) is 4.89. The number of anilines is 1. The number of hydrogen-bond donors (Lipinski definition) is 1. The van der Waals surface area contributed by atoms with Gasteiger partial charge in [-0.3, -0.25) is 4.68 Å². The molecule has 2 heterocycles. The van der Waals surface area contributed by atoms with Crippen molar-refractivity contribution in [3.05, 3.63) is 28.0 Å². The van der Waals surface area contributed by atoms with Gasteiger partial charge in [0.15, 0.2) is 0 Å². The van der Waals surface area contributed by atoms with Gasteiger partial charge in [-0.25, -0.2) is 4.98 Å². The molecule has 0 aliphatic heterocycles. The van der Waals surface area contributed by atoms with Crippen LogP contribution in [0.15, 0.2) is 11.6 Å². The molecule has 1 N–H and O–H groups in total. The fourth-order valence-corrected chi connectivity index (χ4v) is 2.30. The molecule has 0 saturated heterocycles. The lowest BCUT2D eigenvalue weighted by Gasteiger charge is -2.01. The van der Waals surface area contributed by atoms with Crippen LogP contribution in [0.25, 0.3) is 0 Å². The monoisotopic (exact) mass is 236 g/mol. The van der Waals surface area contributed by atoms with Gasteiger partial charge in [0.2, 0.25) is 0 Å². The third kappa shape index (κ3) is 2.41. The summed E-state index contributed by atoms with van der Waals surface area (Å²) >= 11 is 1.72. The summed E-state index contributed by atoms with van der Waals surface area (Å²) in [6, 6.07) is 0. The molecule has 0 amide bonds. The van der Waals surface area contributed by atoms with Crippen molar-refractivity contribution in [2.45, 2.75) is 26.8 Å². The molecule has 2 aromatic heterocycles. The van der Waals surface area contributed by atoms with Gasteiger partial charge in [-0.2, -0.15) is 5.10 Å². The minimum absolute atomic E-state index is 0.767. The highest BCUT2D eigenvalue weighted by atomic mass is 32.1. The SMILES string of the molecule is CCc1nc(CNc2cn(C)nc2C)cs1. The third-order valence-corrected chi connectivity index (χ3v) is 3.42. The van der Waals surface area contributed by atoms with Gasteiger partial charge in [0.1, 0.15) is 0 Å². The van der Waals surface area contributed by atoms with E-state index in [0.29, 0.717) is 0 Å². The minimum atomic E-state index is 0.767. The second-order valence-corrected chi connectivity index (χ2v) is 4.68. The van der Waals surface area contributed by atoms with Crippen molar-refractivity contribution < 1.29 is 0 Å². The zero-order valence-corrected chi connectivity index (χ0v) is 10.6. The molecule has 4 nitrogen and oxygen atoms in total. The van der Waals surface area contributed by atoms with Crippen LogP contribution in [0.2, 0.25) is 0 Å². The molecule has 0 aliphatic carbocycles. The van der Waals surface area contributed by atoms with Crippen molar-refractivity contribution in [1.82, 2.24) is 14.8 Å². The average Bonchev–Trinajstić information content (AvgIpc) is 2.82. The largest absolute Gasteiger partial charge is 0.377 e. The van der Waals surface area contributed by atoms with Crippen molar-refractivity contribution in [3.8, 4) is 0 Å². The zero-order valence-electron chi connectivity index (χ0n) is 9.82. The Morgan fingerprint density at radius 1 is 1.50 bits per heavy atom. The number of rotatable bonds is 4. The summed E-state index contributed by atoms with van der Waals surface area (Å²) < 4.78 is 1.82. The topological polar surface area (TPSA) is 42.7 Å². The van der Waals surface area contributed by atoms with Crippen LogP contribution < -0.4 is 5.32 Å². The summed E-state index contributed by atoms with van der Waals surface area (Å²) in [5.74, 6) is 0. The normalized spacial score (nSPS) is 10.7. The third-order valence-electron chi connectivity index (χ3n) is 2.38. The number of nitrogens with one attached hydrogen (secondary N) is 1. The van der Waals surface area contributed by atoms with Gasteiger partial charge in [-0.15, -0.1) is 11.3 Å².